The molecule has 0 bridgehead atoms. The molecule has 0 saturated heterocycles. The lowest BCUT2D eigenvalue weighted by Gasteiger charge is -1.95. The van der Waals surface area contributed by atoms with Gasteiger partial charge in [0.2, 0.25) is 0 Å². The predicted octanol–water partition coefficient (Wildman–Crippen LogP) is 2.95. The summed E-state index contributed by atoms with van der Waals surface area (Å²) < 4.78 is 0. The van der Waals surface area contributed by atoms with Crippen LogP contribution in [0, 0.1) is 0 Å². The molecule has 0 unspecified atom stereocenters. The highest BCUT2D eigenvalue weighted by atomic mass is 16.3. The molecule has 0 fully saturated rings. The summed E-state index contributed by atoms with van der Waals surface area (Å²) in [6.07, 6.45) is 4.68. The number of hydrogen-bond donors (Lipinski definition) is 0. The Morgan fingerprint density at radius 2 is 2.09 bits per heavy atom. The number of allylic oxidation sites excluding steroid dienone is 2. The molecule has 0 amide bonds. The third-order valence-corrected chi connectivity index (χ3v) is 1.55. The van der Waals surface area contributed by atoms with Crippen LogP contribution in [0.5, 0.6) is 5.75 Å². The minimum absolute atomic E-state index is 0.130. The number of hydrogen-bond acceptors (Lipinski definition) is 0. The average Bonchev–Trinajstić information content (AvgIpc) is 2.03. The predicted molar refractivity (Wildman–Crippen MR) is 45.1 cm³/mol. The molecule has 1 aromatic rings. The second kappa shape index (κ2) is 3.81. The smallest absolute Gasteiger partial charge is 0.182 e. The van der Waals surface area contributed by atoms with Gasteiger partial charge in [-0.25, -0.2) is 0 Å². The summed E-state index contributed by atoms with van der Waals surface area (Å²) in [6.45, 7) is 1.95. The monoisotopic (exact) mass is 147 g/mol. The average molecular weight is 147 g/mol. The van der Waals surface area contributed by atoms with Gasteiger partial charge in [0.25, 0.3) is 0 Å². The summed E-state index contributed by atoms with van der Waals surface area (Å²) in [6, 6.07) is 7.11. The van der Waals surface area contributed by atoms with Crippen molar-refractivity contribution in [2.45, 2.75) is 13.3 Å². The molecule has 0 aliphatic rings. The Morgan fingerprint density at radius 1 is 1.36 bits per heavy atom. The van der Waals surface area contributed by atoms with Crippen molar-refractivity contribution in [3.63, 3.8) is 0 Å². The van der Waals surface area contributed by atoms with Gasteiger partial charge in [0, 0.05) is 5.56 Å². The Morgan fingerprint density at radius 3 is 2.73 bits per heavy atom. The molecule has 0 heterocycles. The molecule has 1 heteroatoms. The van der Waals surface area contributed by atoms with Crippen LogP contribution >= 0.6 is 0 Å². The highest BCUT2D eigenvalue weighted by molar-refractivity contribution is 5.32. The van der Waals surface area contributed by atoms with E-state index < -0.39 is 0 Å². The van der Waals surface area contributed by atoms with E-state index in [0.717, 1.165) is 12.0 Å². The number of para-hydroxylation sites is 1. The maximum absolute atomic E-state index is 11.1. The van der Waals surface area contributed by atoms with E-state index in [-0.39, 0.29) is 5.75 Å². The van der Waals surface area contributed by atoms with E-state index in [1.165, 1.54) is 0 Å². The van der Waals surface area contributed by atoms with Crippen molar-refractivity contribution in [2.75, 3.05) is 0 Å². The lowest BCUT2D eigenvalue weighted by atomic mass is 10.1. The van der Waals surface area contributed by atoms with E-state index in [1.54, 1.807) is 12.1 Å². The molecular formula is C10H11O. The Hall–Kier alpha value is -1.24. The van der Waals surface area contributed by atoms with Crippen LogP contribution < -0.4 is 0 Å². The zero-order valence-electron chi connectivity index (χ0n) is 6.58. The van der Waals surface area contributed by atoms with E-state index >= 15 is 0 Å². The van der Waals surface area contributed by atoms with Crippen molar-refractivity contribution in [3.8, 4) is 5.75 Å². The van der Waals surface area contributed by atoms with Crippen LogP contribution in [-0.4, -0.2) is 0 Å². The summed E-state index contributed by atoms with van der Waals surface area (Å²) in [5.74, 6) is 0.130. The Balaban J connectivity index is 2.77. The summed E-state index contributed by atoms with van der Waals surface area (Å²) in [7, 11) is 0. The Kier molecular flexibility index (Phi) is 2.73. The molecule has 1 rings (SSSR count). The third-order valence-electron chi connectivity index (χ3n) is 1.55. The molecule has 0 saturated carbocycles. The SMILES string of the molecule is C/C=C/Cc1ccccc1[O]. The fourth-order valence-corrected chi connectivity index (χ4v) is 0.917. The van der Waals surface area contributed by atoms with Gasteiger partial charge in [0.05, 0.1) is 0 Å². The quantitative estimate of drug-likeness (QED) is 0.573. The summed E-state index contributed by atoms with van der Waals surface area (Å²) in [5, 5.41) is 11.1. The van der Waals surface area contributed by atoms with Gasteiger partial charge in [-0.3, -0.25) is 5.11 Å². The van der Waals surface area contributed by atoms with Crippen molar-refractivity contribution in [2.24, 2.45) is 0 Å². The van der Waals surface area contributed by atoms with Crippen LogP contribution in [0.4, 0.5) is 0 Å². The van der Waals surface area contributed by atoms with Crippen molar-refractivity contribution >= 4 is 0 Å². The van der Waals surface area contributed by atoms with Crippen LogP contribution in [0.3, 0.4) is 0 Å². The highest BCUT2D eigenvalue weighted by Gasteiger charge is 1.96. The molecule has 11 heavy (non-hydrogen) atoms. The first-order valence-corrected chi connectivity index (χ1v) is 3.70. The molecule has 0 aliphatic carbocycles. The Labute approximate surface area is 67.0 Å². The topological polar surface area (TPSA) is 19.9 Å². The zero-order valence-corrected chi connectivity index (χ0v) is 6.58. The van der Waals surface area contributed by atoms with E-state index in [4.69, 9.17) is 0 Å². The fraction of sp³-hybridized carbons (Fsp3) is 0.200. The summed E-state index contributed by atoms with van der Waals surface area (Å²) in [5.41, 5.74) is 0.866. The first kappa shape index (κ1) is 7.86. The molecule has 57 valence electrons. The Bertz CT molecular complexity index is 251. The van der Waals surface area contributed by atoms with E-state index in [0.29, 0.717) is 0 Å². The van der Waals surface area contributed by atoms with E-state index in [1.807, 2.05) is 31.2 Å². The van der Waals surface area contributed by atoms with Gasteiger partial charge in [-0.1, -0.05) is 30.4 Å². The highest BCUT2D eigenvalue weighted by Crippen LogP contribution is 2.16. The first-order valence-electron chi connectivity index (χ1n) is 3.70. The van der Waals surface area contributed by atoms with Gasteiger partial charge in [0.15, 0.2) is 5.75 Å². The second-order valence-corrected chi connectivity index (χ2v) is 2.38. The molecule has 0 aliphatic heterocycles. The van der Waals surface area contributed by atoms with Crippen LogP contribution in [0.1, 0.15) is 12.5 Å². The summed E-state index contributed by atoms with van der Waals surface area (Å²) in [4.78, 5) is 0. The summed E-state index contributed by atoms with van der Waals surface area (Å²) >= 11 is 0. The van der Waals surface area contributed by atoms with Crippen LogP contribution in [0.2, 0.25) is 0 Å². The molecule has 0 spiro atoms. The molecular weight excluding hydrogens is 136 g/mol. The lowest BCUT2D eigenvalue weighted by molar-refractivity contribution is 0.351. The van der Waals surface area contributed by atoms with Gasteiger partial charge < -0.3 is 0 Å². The molecule has 0 aromatic heterocycles. The fourth-order valence-electron chi connectivity index (χ4n) is 0.917. The maximum Gasteiger partial charge on any atom is 0.182 e. The number of benzene rings is 1. The molecule has 0 atom stereocenters. The largest absolute Gasteiger partial charge is 0.290 e. The molecule has 1 nitrogen and oxygen atoms in total. The van der Waals surface area contributed by atoms with Crippen molar-refractivity contribution in [1.82, 2.24) is 0 Å². The van der Waals surface area contributed by atoms with Crippen LogP contribution in [0.25, 0.3) is 0 Å². The standard InChI is InChI=1S/C10H11O/c1-2-3-6-9-7-4-5-8-10(9)11/h2-5,7-8H,6H2,1H3/b3-2+. The zero-order chi connectivity index (χ0) is 8.10. The van der Waals surface area contributed by atoms with Crippen LogP contribution in [0.15, 0.2) is 36.4 Å². The van der Waals surface area contributed by atoms with Crippen molar-refractivity contribution in [3.05, 3.63) is 42.0 Å². The van der Waals surface area contributed by atoms with Crippen molar-refractivity contribution < 1.29 is 5.11 Å². The minimum atomic E-state index is 0.130. The number of rotatable bonds is 2. The third kappa shape index (κ3) is 2.11. The minimum Gasteiger partial charge on any atom is -0.290 e. The van der Waals surface area contributed by atoms with Crippen molar-refractivity contribution in [1.29, 1.82) is 0 Å². The molecule has 1 radical (unpaired) electrons. The van der Waals surface area contributed by atoms with Gasteiger partial charge in [-0.15, -0.1) is 0 Å². The van der Waals surface area contributed by atoms with Gasteiger partial charge in [-0.05, 0) is 19.4 Å². The first-order chi connectivity index (χ1) is 5.34. The van der Waals surface area contributed by atoms with E-state index in [2.05, 4.69) is 0 Å². The normalized spacial score (nSPS) is 10.6. The maximum atomic E-state index is 11.1. The van der Waals surface area contributed by atoms with Gasteiger partial charge in [0.1, 0.15) is 0 Å². The van der Waals surface area contributed by atoms with Crippen LogP contribution in [-0.2, 0) is 11.5 Å². The second-order valence-electron chi connectivity index (χ2n) is 2.38. The van der Waals surface area contributed by atoms with Gasteiger partial charge >= 0.3 is 0 Å². The molecule has 0 N–H and O–H groups in total. The van der Waals surface area contributed by atoms with E-state index in [9.17, 15) is 5.11 Å². The molecule has 1 aromatic carbocycles. The lowest BCUT2D eigenvalue weighted by Crippen LogP contribution is -1.79. The van der Waals surface area contributed by atoms with Gasteiger partial charge in [-0.2, -0.15) is 0 Å².